The number of hydrogen-bond acceptors (Lipinski definition) is 1. The fourth-order valence-electron chi connectivity index (χ4n) is 0.235. The van der Waals surface area contributed by atoms with E-state index in [2.05, 4.69) is 13.2 Å². The SMILES string of the molecule is C=CCS[14CH2]C=C. The molecule has 0 unspecified atom stereocenters. The van der Waals surface area contributed by atoms with Crippen LogP contribution in [-0.4, -0.2) is 11.5 Å². The summed E-state index contributed by atoms with van der Waals surface area (Å²) in [6.45, 7) is 7.15. The Kier molecular flexibility index (Phi) is 5.69. The van der Waals surface area contributed by atoms with Gasteiger partial charge in [0.2, 0.25) is 0 Å². The standard InChI is InChI=1S/C6H10S/c1-3-5-7-6-4-2/h3-4H,1-2,5-6H2/i5+2. The van der Waals surface area contributed by atoms with E-state index in [1.165, 1.54) is 0 Å². The molecule has 0 heterocycles. The minimum absolute atomic E-state index is 1.03. The maximum absolute atomic E-state index is 3.58. The molecule has 0 N–H and O–H groups in total. The normalized spacial score (nSPS) is 8.00. The van der Waals surface area contributed by atoms with E-state index < -0.39 is 0 Å². The van der Waals surface area contributed by atoms with Crippen LogP contribution in [0.2, 0.25) is 0 Å². The van der Waals surface area contributed by atoms with Gasteiger partial charge in [0.25, 0.3) is 0 Å². The van der Waals surface area contributed by atoms with Gasteiger partial charge in [-0.05, 0) is 0 Å². The first kappa shape index (κ1) is 6.83. The quantitative estimate of drug-likeness (QED) is 0.400. The molecule has 40 valence electrons. The van der Waals surface area contributed by atoms with Crippen molar-refractivity contribution >= 4 is 11.8 Å². The lowest BCUT2D eigenvalue weighted by molar-refractivity contribution is 1.74. The van der Waals surface area contributed by atoms with Gasteiger partial charge in [0.15, 0.2) is 0 Å². The van der Waals surface area contributed by atoms with Crippen molar-refractivity contribution in [3.05, 3.63) is 25.3 Å². The largest absolute Gasteiger partial charge is 0.154 e. The van der Waals surface area contributed by atoms with Crippen molar-refractivity contribution in [1.29, 1.82) is 0 Å². The lowest BCUT2D eigenvalue weighted by Gasteiger charge is -1.85. The predicted molar refractivity (Wildman–Crippen MR) is 37.7 cm³/mol. The van der Waals surface area contributed by atoms with Crippen molar-refractivity contribution in [2.45, 2.75) is 0 Å². The fraction of sp³-hybridized carbons (Fsp3) is 0.333. The summed E-state index contributed by atoms with van der Waals surface area (Å²) in [6, 6.07) is 0. The fourth-order valence-corrected chi connectivity index (χ4v) is 0.704. The summed E-state index contributed by atoms with van der Waals surface area (Å²) < 4.78 is 0. The Morgan fingerprint density at radius 3 is 2.71 bits per heavy atom. The van der Waals surface area contributed by atoms with Crippen molar-refractivity contribution in [2.24, 2.45) is 0 Å². The second kappa shape index (κ2) is 5.83. The molecule has 0 aliphatic heterocycles. The first-order chi connectivity index (χ1) is 3.41. The van der Waals surface area contributed by atoms with Crippen LogP contribution in [0.15, 0.2) is 25.3 Å². The molecule has 0 radical (unpaired) electrons. The van der Waals surface area contributed by atoms with Gasteiger partial charge >= 0.3 is 0 Å². The van der Waals surface area contributed by atoms with Crippen LogP contribution in [0.25, 0.3) is 0 Å². The highest BCUT2D eigenvalue weighted by atomic mass is 32.2. The molecule has 1 heteroatoms. The summed E-state index contributed by atoms with van der Waals surface area (Å²) in [5, 5.41) is 0. The van der Waals surface area contributed by atoms with Crippen LogP contribution < -0.4 is 0 Å². The van der Waals surface area contributed by atoms with Crippen LogP contribution in [0.4, 0.5) is 0 Å². The maximum Gasteiger partial charge on any atom is 0.0113 e. The van der Waals surface area contributed by atoms with Crippen LogP contribution in [0.5, 0.6) is 0 Å². The van der Waals surface area contributed by atoms with Gasteiger partial charge in [0, 0.05) is 11.5 Å². The Balaban J connectivity index is 2.68. The smallest absolute Gasteiger partial charge is 0.0113 e. The molecular formula is C6H10S. The van der Waals surface area contributed by atoms with Gasteiger partial charge in [-0.1, -0.05) is 12.2 Å². The van der Waals surface area contributed by atoms with Gasteiger partial charge in [-0.3, -0.25) is 0 Å². The molecule has 0 aliphatic rings. The molecule has 0 rings (SSSR count). The third-order valence-corrected chi connectivity index (χ3v) is 1.41. The average Bonchev–Trinajstić information content (AvgIpc) is 1.69. The highest BCUT2D eigenvalue weighted by molar-refractivity contribution is 7.99. The Labute approximate surface area is 49.3 Å². The molecule has 0 fully saturated rings. The maximum atomic E-state index is 3.58. The zero-order valence-electron chi connectivity index (χ0n) is 4.39. The Morgan fingerprint density at radius 2 is 2.29 bits per heavy atom. The van der Waals surface area contributed by atoms with E-state index in [1.54, 1.807) is 0 Å². The van der Waals surface area contributed by atoms with E-state index >= 15 is 0 Å². The van der Waals surface area contributed by atoms with Crippen LogP contribution in [0.3, 0.4) is 0 Å². The molecule has 0 atom stereocenters. The van der Waals surface area contributed by atoms with E-state index in [1.807, 2.05) is 23.9 Å². The zero-order valence-corrected chi connectivity index (χ0v) is 5.21. The Hall–Kier alpha value is -0.170. The third kappa shape index (κ3) is 5.83. The summed E-state index contributed by atoms with van der Waals surface area (Å²) in [5.74, 6) is 2.07. The topological polar surface area (TPSA) is 0 Å². The van der Waals surface area contributed by atoms with Crippen LogP contribution in [-0.2, 0) is 0 Å². The molecule has 0 saturated carbocycles. The second-order valence-corrected chi connectivity index (χ2v) is 2.19. The van der Waals surface area contributed by atoms with Gasteiger partial charge in [-0.15, -0.1) is 13.2 Å². The highest BCUT2D eigenvalue weighted by Gasteiger charge is 1.73. The van der Waals surface area contributed by atoms with Crippen molar-refractivity contribution in [2.75, 3.05) is 11.5 Å². The predicted octanol–water partition coefficient (Wildman–Crippen LogP) is 2.09. The zero-order chi connectivity index (χ0) is 5.54. The van der Waals surface area contributed by atoms with Crippen LogP contribution in [0.1, 0.15) is 0 Å². The molecule has 0 aromatic rings. The number of rotatable bonds is 4. The van der Waals surface area contributed by atoms with E-state index in [0.717, 1.165) is 11.5 Å². The monoisotopic (exact) mass is 116 g/mol. The molecule has 0 aliphatic carbocycles. The molecule has 0 spiro atoms. The van der Waals surface area contributed by atoms with Crippen LogP contribution >= 0.6 is 11.8 Å². The molecule has 0 nitrogen and oxygen atoms in total. The number of hydrogen-bond donors (Lipinski definition) is 0. The van der Waals surface area contributed by atoms with Crippen molar-refractivity contribution < 1.29 is 0 Å². The van der Waals surface area contributed by atoms with E-state index in [-0.39, 0.29) is 0 Å². The molecule has 0 aromatic heterocycles. The van der Waals surface area contributed by atoms with Crippen molar-refractivity contribution in [3.63, 3.8) is 0 Å². The summed E-state index contributed by atoms with van der Waals surface area (Å²) in [6.07, 6.45) is 3.79. The minimum atomic E-state index is 1.03. The Morgan fingerprint density at radius 1 is 1.57 bits per heavy atom. The first-order valence-corrected chi connectivity index (χ1v) is 3.37. The van der Waals surface area contributed by atoms with Gasteiger partial charge in [0.05, 0.1) is 0 Å². The van der Waals surface area contributed by atoms with Gasteiger partial charge in [-0.25, -0.2) is 0 Å². The first-order valence-electron chi connectivity index (χ1n) is 2.21. The lowest BCUT2D eigenvalue weighted by Crippen LogP contribution is -1.69. The average molecular weight is 116 g/mol. The summed E-state index contributed by atoms with van der Waals surface area (Å²) in [7, 11) is 0. The minimum Gasteiger partial charge on any atom is -0.154 e. The summed E-state index contributed by atoms with van der Waals surface area (Å²) in [4.78, 5) is 0. The van der Waals surface area contributed by atoms with Crippen molar-refractivity contribution in [1.82, 2.24) is 0 Å². The molecule has 0 bridgehead atoms. The van der Waals surface area contributed by atoms with Crippen LogP contribution in [0, 0.1) is 0 Å². The van der Waals surface area contributed by atoms with E-state index in [0.29, 0.717) is 0 Å². The van der Waals surface area contributed by atoms with E-state index in [9.17, 15) is 0 Å². The molecular weight excluding hydrogens is 106 g/mol. The summed E-state index contributed by atoms with van der Waals surface area (Å²) >= 11 is 1.82. The Bertz CT molecular complexity index is 49.2. The van der Waals surface area contributed by atoms with Gasteiger partial charge < -0.3 is 0 Å². The summed E-state index contributed by atoms with van der Waals surface area (Å²) in [5.41, 5.74) is 0. The third-order valence-electron chi connectivity index (χ3n) is 0.471. The van der Waals surface area contributed by atoms with Crippen molar-refractivity contribution in [3.8, 4) is 0 Å². The number of thioether (sulfide) groups is 1. The lowest BCUT2D eigenvalue weighted by atomic mass is 10.8. The molecule has 0 saturated heterocycles. The molecule has 7 heavy (non-hydrogen) atoms. The van der Waals surface area contributed by atoms with Gasteiger partial charge in [0.1, 0.15) is 0 Å². The van der Waals surface area contributed by atoms with E-state index in [4.69, 9.17) is 0 Å². The highest BCUT2D eigenvalue weighted by Crippen LogP contribution is 1.97. The second-order valence-electron chi connectivity index (χ2n) is 1.11. The van der Waals surface area contributed by atoms with Gasteiger partial charge in [-0.2, -0.15) is 11.8 Å². The molecule has 0 aromatic carbocycles. The molecule has 0 amide bonds.